The monoisotopic (exact) mass is 281 g/mol. The Morgan fingerprint density at radius 2 is 2.05 bits per heavy atom. The van der Waals surface area contributed by atoms with Crippen LogP contribution in [-0.2, 0) is 10.3 Å². The molecule has 6 heteroatoms. The zero-order valence-corrected chi connectivity index (χ0v) is 12.7. The second-order valence-corrected chi connectivity index (χ2v) is 6.03. The number of amides is 1. The molecule has 0 saturated carbocycles. The smallest absolute Gasteiger partial charge is 0.303 e. The molecule has 2 N–H and O–H groups in total. The zero-order chi connectivity index (χ0) is 15.5. The number of nitrogens with one attached hydrogen (secondary N) is 1. The zero-order valence-electron chi connectivity index (χ0n) is 12.7. The molecule has 0 aliphatic carbocycles. The lowest BCUT2D eigenvalue weighted by Crippen LogP contribution is -2.33. The van der Waals surface area contributed by atoms with E-state index in [1.54, 1.807) is 13.1 Å². The third kappa shape index (κ3) is 4.08. The summed E-state index contributed by atoms with van der Waals surface area (Å²) in [5, 5.41) is 15.7. The number of aliphatic carboxylic acids is 1. The van der Waals surface area contributed by atoms with Crippen molar-refractivity contribution in [3.8, 4) is 0 Å². The minimum atomic E-state index is -0.858. The van der Waals surface area contributed by atoms with Crippen molar-refractivity contribution in [2.75, 3.05) is 0 Å². The van der Waals surface area contributed by atoms with Crippen LogP contribution in [0.2, 0.25) is 0 Å². The van der Waals surface area contributed by atoms with Gasteiger partial charge >= 0.3 is 5.97 Å². The first-order valence-corrected chi connectivity index (χ1v) is 6.70. The molecule has 0 aliphatic heterocycles. The number of carboxylic acid groups (broad SMARTS) is 1. The summed E-state index contributed by atoms with van der Waals surface area (Å²) in [4.78, 5) is 22.7. The normalized spacial score (nSPS) is 13.1. The highest BCUT2D eigenvalue weighted by Gasteiger charge is 2.22. The van der Waals surface area contributed by atoms with Crippen LogP contribution in [0, 0.1) is 6.92 Å². The van der Waals surface area contributed by atoms with Gasteiger partial charge in [-0.15, -0.1) is 0 Å². The van der Waals surface area contributed by atoms with E-state index in [1.807, 2.05) is 32.4 Å². The summed E-state index contributed by atoms with van der Waals surface area (Å²) in [6.45, 7) is 9.71. The molecule has 0 aliphatic rings. The molecular weight excluding hydrogens is 258 g/mol. The van der Waals surface area contributed by atoms with E-state index in [2.05, 4.69) is 10.4 Å². The quantitative estimate of drug-likeness (QED) is 0.863. The van der Waals surface area contributed by atoms with E-state index in [0.29, 0.717) is 12.0 Å². The molecule has 1 atom stereocenters. The maximum absolute atomic E-state index is 12.1. The molecule has 20 heavy (non-hydrogen) atoms. The third-order valence-electron chi connectivity index (χ3n) is 3.06. The molecule has 0 saturated heterocycles. The summed E-state index contributed by atoms with van der Waals surface area (Å²) in [6.07, 6.45) is 2.01. The highest BCUT2D eigenvalue weighted by molar-refractivity contribution is 5.95. The molecule has 1 rings (SSSR count). The Morgan fingerprint density at radius 3 is 2.50 bits per heavy atom. The first-order valence-electron chi connectivity index (χ1n) is 6.70. The fourth-order valence-electron chi connectivity index (χ4n) is 2.02. The Kier molecular flexibility index (Phi) is 4.92. The fraction of sp³-hybridized carbons (Fsp3) is 0.643. The van der Waals surface area contributed by atoms with Crippen molar-refractivity contribution in [2.24, 2.45) is 0 Å². The van der Waals surface area contributed by atoms with Crippen LogP contribution in [0.15, 0.2) is 6.20 Å². The highest BCUT2D eigenvalue weighted by atomic mass is 16.4. The average molecular weight is 281 g/mol. The minimum Gasteiger partial charge on any atom is -0.481 e. The van der Waals surface area contributed by atoms with E-state index < -0.39 is 5.97 Å². The number of carbonyl (C=O) groups excluding carboxylic acids is 1. The molecule has 1 heterocycles. The van der Waals surface area contributed by atoms with E-state index in [-0.39, 0.29) is 23.9 Å². The van der Waals surface area contributed by atoms with Crippen LogP contribution in [0.3, 0.4) is 0 Å². The van der Waals surface area contributed by atoms with Gasteiger partial charge in [0.25, 0.3) is 5.91 Å². The van der Waals surface area contributed by atoms with Crippen LogP contribution in [-0.4, -0.2) is 32.8 Å². The summed E-state index contributed by atoms with van der Waals surface area (Å²) in [5.41, 5.74) is 1.15. The molecule has 1 unspecified atom stereocenters. The van der Waals surface area contributed by atoms with Crippen molar-refractivity contribution < 1.29 is 14.7 Å². The molecule has 0 aromatic carbocycles. The third-order valence-corrected chi connectivity index (χ3v) is 3.06. The molecular formula is C14H23N3O3. The van der Waals surface area contributed by atoms with Gasteiger partial charge in [0.15, 0.2) is 0 Å². The Labute approximate surface area is 119 Å². The van der Waals surface area contributed by atoms with Crippen molar-refractivity contribution in [2.45, 2.75) is 59.0 Å². The van der Waals surface area contributed by atoms with Gasteiger partial charge in [0.1, 0.15) is 0 Å². The van der Waals surface area contributed by atoms with E-state index in [9.17, 15) is 9.59 Å². The van der Waals surface area contributed by atoms with Crippen molar-refractivity contribution in [1.29, 1.82) is 0 Å². The van der Waals surface area contributed by atoms with Gasteiger partial charge < -0.3 is 10.4 Å². The average Bonchev–Trinajstić information content (AvgIpc) is 2.68. The molecule has 0 bridgehead atoms. The first kappa shape index (κ1) is 16.2. The van der Waals surface area contributed by atoms with Crippen molar-refractivity contribution >= 4 is 11.9 Å². The molecule has 0 spiro atoms. The number of carboxylic acids is 1. The van der Waals surface area contributed by atoms with Crippen LogP contribution in [0.1, 0.15) is 56.6 Å². The predicted octanol–water partition coefficient (Wildman–Crippen LogP) is 1.93. The van der Waals surface area contributed by atoms with E-state index in [4.69, 9.17) is 5.11 Å². The Bertz CT molecular complexity index is 500. The van der Waals surface area contributed by atoms with Gasteiger partial charge in [0.05, 0.1) is 17.3 Å². The topological polar surface area (TPSA) is 84.2 Å². The van der Waals surface area contributed by atoms with E-state index in [0.717, 1.165) is 5.69 Å². The van der Waals surface area contributed by atoms with Crippen LogP contribution < -0.4 is 5.32 Å². The molecule has 0 radical (unpaired) electrons. The molecule has 112 valence electrons. The van der Waals surface area contributed by atoms with Crippen LogP contribution >= 0.6 is 0 Å². The molecule has 1 aromatic heterocycles. The van der Waals surface area contributed by atoms with Gasteiger partial charge in [-0.3, -0.25) is 14.3 Å². The fourth-order valence-corrected chi connectivity index (χ4v) is 2.02. The summed E-state index contributed by atoms with van der Waals surface area (Å²) in [6, 6.07) is -0.184. The number of aromatic nitrogens is 2. The van der Waals surface area contributed by atoms with Gasteiger partial charge in [-0.25, -0.2) is 0 Å². The number of rotatable bonds is 5. The summed E-state index contributed by atoms with van der Waals surface area (Å²) < 4.78 is 1.81. The minimum absolute atomic E-state index is 0.0433. The molecule has 6 nitrogen and oxygen atoms in total. The van der Waals surface area contributed by atoms with Gasteiger partial charge in [0, 0.05) is 18.2 Å². The summed E-state index contributed by atoms with van der Waals surface area (Å²) in [7, 11) is 0. The lowest BCUT2D eigenvalue weighted by atomic mass is 10.1. The Hall–Kier alpha value is -1.85. The van der Waals surface area contributed by atoms with Crippen molar-refractivity contribution in [3.05, 3.63) is 17.5 Å². The van der Waals surface area contributed by atoms with Gasteiger partial charge in [-0.2, -0.15) is 5.10 Å². The van der Waals surface area contributed by atoms with Crippen molar-refractivity contribution in [3.63, 3.8) is 0 Å². The van der Waals surface area contributed by atoms with Gasteiger partial charge in [-0.1, -0.05) is 0 Å². The number of carbonyl (C=O) groups is 2. The summed E-state index contributed by atoms with van der Waals surface area (Å²) >= 11 is 0. The first-order chi connectivity index (χ1) is 9.12. The Balaban J connectivity index is 2.74. The Morgan fingerprint density at radius 1 is 1.45 bits per heavy atom. The van der Waals surface area contributed by atoms with Crippen LogP contribution in [0.25, 0.3) is 0 Å². The largest absolute Gasteiger partial charge is 0.481 e. The predicted molar refractivity (Wildman–Crippen MR) is 75.8 cm³/mol. The second-order valence-electron chi connectivity index (χ2n) is 6.03. The van der Waals surface area contributed by atoms with Gasteiger partial charge in [0.2, 0.25) is 0 Å². The molecule has 1 amide bonds. The summed E-state index contributed by atoms with van der Waals surface area (Å²) in [5.74, 6) is -1.07. The number of hydrogen-bond donors (Lipinski definition) is 2. The van der Waals surface area contributed by atoms with Crippen molar-refractivity contribution in [1.82, 2.24) is 15.1 Å². The number of hydrogen-bond acceptors (Lipinski definition) is 3. The van der Waals surface area contributed by atoms with E-state index in [1.165, 1.54) is 0 Å². The van der Waals surface area contributed by atoms with Gasteiger partial charge in [-0.05, 0) is 41.0 Å². The maximum atomic E-state index is 12.1. The second kappa shape index (κ2) is 6.07. The lowest BCUT2D eigenvalue weighted by Gasteiger charge is -2.21. The SMILES string of the molecule is Cc1c(C(=O)NC(C)CCC(=O)O)cnn1C(C)(C)C. The van der Waals surface area contributed by atoms with E-state index >= 15 is 0 Å². The molecule has 1 aromatic rings. The maximum Gasteiger partial charge on any atom is 0.303 e. The van der Waals surface area contributed by atoms with Crippen LogP contribution in [0.4, 0.5) is 0 Å². The van der Waals surface area contributed by atoms with Crippen LogP contribution in [0.5, 0.6) is 0 Å². The molecule has 0 fully saturated rings. The standard InChI is InChI=1S/C14H23N3O3/c1-9(6-7-12(18)19)16-13(20)11-8-15-17(10(11)2)14(3,4)5/h8-9H,6-7H2,1-5H3,(H,16,20)(H,18,19). The number of nitrogens with zero attached hydrogens (tertiary/aromatic N) is 2. The lowest BCUT2D eigenvalue weighted by molar-refractivity contribution is -0.137. The highest BCUT2D eigenvalue weighted by Crippen LogP contribution is 2.18.